The Morgan fingerprint density at radius 3 is 2.06 bits per heavy atom. The Bertz CT molecular complexity index is 889. The lowest BCUT2D eigenvalue weighted by molar-refractivity contribution is -0.159. The van der Waals surface area contributed by atoms with Crippen LogP contribution in [-0.2, 0) is 20.9 Å². The third-order valence-corrected chi connectivity index (χ3v) is 5.46. The first-order chi connectivity index (χ1) is 14.8. The second-order valence-corrected chi connectivity index (χ2v) is 7.89. The molecule has 1 aliphatic rings. The molecule has 0 saturated carbocycles. The molecule has 0 radical (unpaired) electrons. The third kappa shape index (κ3) is 8.56. The van der Waals surface area contributed by atoms with Gasteiger partial charge < -0.3 is 19.8 Å². The summed E-state index contributed by atoms with van der Waals surface area (Å²) in [7, 11) is 0. The zero-order valence-electron chi connectivity index (χ0n) is 16.5. The van der Waals surface area contributed by atoms with Crippen LogP contribution >= 0.6 is 27.5 Å². The average Bonchev–Trinajstić information content (AvgIpc) is 2.75. The molecule has 2 aromatic rings. The number of rotatable bonds is 5. The van der Waals surface area contributed by atoms with Crippen molar-refractivity contribution < 1.29 is 29.3 Å². The minimum atomic E-state index is -1.82. The lowest BCUT2D eigenvalue weighted by Gasteiger charge is -2.34. The van der Waals surface area contributed by atoms with Crippen LogP contribution in [0.5, 0.6) is 5.75 Å². The number of benzene rings is 2. The monoisotopic (exact) mass is 512 g/mol. The van der Waals surface area contributed by atoms with E-state index in [2.05, 4.69) is 33.0 Å². The molecule has 8 nitrogen and oxygen atoms in total. The molecule has 31 heavy (non-hydrogen) atoms. The molecule has 0 unspecified atom stereocenters. The molecule has 0 spiro atoms. The van der Waals surface area contributed by atoms with Crippen LogP contribution in [-0.4, -0.2) is 70.6 Å². The van der Waals surface area contributed by atoms with Crippen molar-refractivity contribution in [3.8, 4) is 5.75 Å². The smallest absolute Gasteiger partial charge is 0.414 e. The molecule has 2 N–H and O–H groups in total. The van der Waals surface area contributed by atoms with Crippen molar-refractivity contribution >= 4 is 45.4 Å². The molecule has 2 aromatic carbocycles. The Labute approximate surface area is 193 Å². The highest BCUT2D eigenvalue weighted by molar-refractivity contribution is 9.10. The van der Waals surface area contributed by atoms with Crippen molar-refractivity contribution in [3.63, 3.8) is 0 Å². The number of carboxylic acids is 2. The lowest BCUT2D eigenvalue weighted by atomic mass is 10.2. The summed E-state index contributed by atoms with van der Waals surface area (Å²) in [6, 6.07) is 15.3. The number of hydrogen-bond acceptors (Lipinski definition) is 5. The number of nitrogens with zero attached hydrogens (tertiary/aromatic N) is 2. The molecule has 1 amide bonds. The minimum Gasteiger partial charge on any atom is -0.484 e. The van der Waals surface area contributed by atoms with E-state index in [9.17, 15) is 4.79 Å². The highest BCUT2D eigenvalue weighted by Crippen LogP contribution is 2.19. The summed E-state index contributed by atoms with van der Waals surface area (Å²) in [4.78, 5) is 34.7. The third-order valence-electron chi connectivity index (χ3n) is 4.44. The van der Waals surface area contributed by atoms with E-state index in [1.807, 2.05) is 17.0 Å². The van der Waals surface area contributed by atoms with Crippen LogP contribution < -0.4 is 4.74 Å². The zero-order chi connectivity index (χ0) is 22.8. The van der Waals surface area contributed by atoms with Gasteiger partial charge in [-0.25, -0.2) is 9.59 Å². The second-order valence-electron chi connectivity index (χ2n) is 6.60. The Morgan fingerprint density at radius 1 is 0.935 bits per heavy atom. The fourth-order valence-corrected chi connectivity index (χ4v) is 3.33. The predicted molar refractivity (Wildman–Crippen MR) is 118 cm³/mol. The van der Waals surface area contributed by atoms with E-state index < -0.39 is 11.9 Å². The molecule has 0 aliphatic carbocycles. The topological polar surface area (TPSA) is 107 Å². The van der Waals surface area contributed by atoms with E-state index in [0.29, 0.717) is 10.8 Å². The number of halogens is 2. The second kappa shape index (κ2) is 12.3. The number of piperazine rings is 1. The van der Waals surface area contributed by atoms with Crippen LogP contribution in [0.3, 0.4) is 0 Å². The van der Waals surface area contributed by atoms with Crippen LogP contribution in [0.25, 0.3) is 0 Å². The van der Waals surface area contributed by atoms with E-state index >= 15 is 0 Å². The predicted octanol–water partition coefficient (Wildman–Crippen LogP) is 2.98. The van der Waals surface area contributed by atoms with Gasteiger partial charge >= 0.3 is 11.9 Å². The number of carboxylic acid groups (broad SMARTS) is 2. The van der Waals surface area contributed by atoms with Crippen LogP contribution in [0.4, 0.5) is 0 Å². The summed E-state index contributed by atoms with van der Waals surface area (Å²) in [5, 5.41) is 15.4. The highest BCUT2D eigenvalue weighted by Gasteiger charge is 2.21. The van der Waals surface area contributed by atoms with Gasteiger partial charge in [-0.3, -0.25) is 9.69 Å². The van der Waals surface area contributed by atoms with Gasteiger partial charge in [-0.15, -0.1) is 0 Å². The van der Waals surface area contributed by atoms with Gasteiger partial charge in [0, 0.05) is 42.2 Å². The summed E-state index contributed by atoms with van der Waals surface area (Å²) in [5.41, 5.74) is 1.27. The normalized spacial score (nSPS) is 13.7. The van der Waals surface area contributed by atoms with Gasteiger partial charge in [0.15, 0.2) is 6.61 Å². The average molecular weight is 514 g/mol. The van der Waals surface area contributed by atoms with Gasteiger partial charge in [0.2, 0.25) is 0 Å². The van der Waals surface area contributed by atoms with Gasteiger partial charge in [-0.05, 0) is 35.9 Å². The van der Waals surface area contributed by atoms with Crippen molar-refractivity contribution in [2.24, 2.45) is 0 Å². The van der Waals surface area contributed by atoms with Gasteiger partial charge in [0.25, 0.3) is 5.91 Å². The maximum Gasteiger partial charge on any atom is 0.414 e. The molecule has 1 fully saturated rings. The van der Waals surface area contributed by atoms with Gasteiger partial charge in [0.05, 0.1) is 0 Å². The summed E-state index contributed by atoms with van der Waals surface area (Å²) < 4.78 is 6.67. The Hall–Kier alpha value is -2.62. The molecule has 0 atom stereocenters. The van der Waals surface area contributed by atoms with Crippen molar-refractivity contribution in [1.82, 2.24) is 9.80 Å². The molecule has 0 aromatic heterocycles. The first-order valence-electron chi connectivity index (χ1n) is 9.34. The largest absolute Gasteiger partial charge is 0.484 e. The van der Waals surface area contributed by atoms with Crippen LogP contribution in [0.1, 0.15) is 5.56 Å². The van der Waals surface area contributed by atoms with E-state index in [4.69, 9.17) is 36.1 Å². The molecule has 0 bridgehead atoms. The quantitative estimate of drug-likeness (QED) is 0.592. The van der Waals surface area contributed by atoms with Crippen molar-refractivity contribution in [1.29, 1.82) is 0 Å². The lowest BCUT2D eigenvalue weighted by Crippen LogP contribution is -2.49. The highest BCUT2D eigenvalue weighted by atomic mass is 79.9. The van der Waals surface area contributed by atoms with E-state index in [-0.39, 0.29) is 12.5 Å². The van der Waals surface area contributed by atoms with E-state index in [1.165, 1.54) is 5.56 Å². The van der Waals surface area contributed by atoms with Crippen LogP contribution in [0, 0.1) is 0 Å². The molecule has 3 rings (SSSR count). The fraction of sp³-hybridized carbons (Fsp3) is 0.286. The Kier molecular flexibility index (Phi) is 9.77. The maximum absolute atomic E-state index is 12.3. The minimum absolute atomic E-state index is 0.0236. The molecule has 1 aliphatic heterocycles. The van der Waals surface area contributed by atoms with Crippen molar-refractivity contribution in [3.05, 3.63) is 63.6 Å². The van der Waals surface area contributed by atoms with Crippen LogP contribution in [0.15, 0.2) is 53.0 Å². The molecule has 1 heterocycles. The first kappa shape index (κ1) is 24.6. The molecule has 1 saturated heterocycles. The summed E-state index contributed by atoms with van der Waals surface area (Å²) >= 11 is 9.43. The molecular weight excluding hydrogens is 492 g/mol. The number of aliphatic carboxylic acids is 2. The molecule has 166 valence electrons. The standard InChI is InChI=1S/C19H20BrClN2O2.C2H2O4/c20-18-4-2-1-3-15(18)13-22-9-11-23(12-10-22)19(24)14-25-17-7-5-16(21)6-8-17;3-1(4)2(5)6/h1-8H,9-14H2;(H,3,4)(H,5,6). The zero-order valence-corrected chi connectivity index (χ0v) is 18.9. The van der Waals surface area contributed by atoms with Gasteiger partial charge in [0.1, 0.15) is 5.75 Å². The number of carbonyl (C=O) groups excluding carboxylic acids is 1. The SMILES string of the molecule is O=C(COc1ccc(Cl)cc1)N1CCN(Cc2ccccc2Br)CC1.O=C(O)C(=O)O. The van der Waals surface area contributed by atoms with Crippen LogP contribution in [0.2, 0.25) is 5.02 Å². The summed E-state index contributed by atoms with van der Waals surface area (Å²) in [5.74, 6) is -2.97. The number of carbonyl (C=O) groups is 3. The number of hydrogen-bond donors (Lipinski definition) is 2. The number of ether oxygens (including phenoxy) is 1. The fourth-order valence-electron chi connectivity index (χ4n) is 2.79. The number of amides is 1. The van der Waals surface area contributed by atoms with E-state index in [1.54, 1.807) is 24.3 Å². The van der Waals surface area contributed by atoms with E-state index in [0.717, 1.165) is 37.2 Å². The summed E-state index contributed by atoms with van der Waals surface area (Å²) in [6.07, 6.45) is 0. The van der Waals surface area contributed by atoms with Gasteiger partial charge in [-0.1, -0.05) is 45.7 Å². The van der Waals surface area contributed by atoms with Crippen molar-refractivity contribution in [2.45, 2.75) is 6.54 Å². The molecule has 10 heteroatoms. The summed E-state index contributed by atoms with van der Waals surface area (Å²) in [6.45, 7) is 4.15. The first-order valence-corrected chi connectivity index (χ1v) is 10.5. The van der Waals surface area contributed by atoms with Crippen molar-refractivity contribution in [2.75, 3.05) is 32.8 Å². The Morgan fingerprint density at radius 2 is 1.52 bits per heavy atom. The van der Waals surface area contributed by atoms with Gasteiger partial charge in [-0.2, -0.15) is 0 Å². The maximum atomic E-state index is 12.3. The molecular formula is C21H22BrClN2O6. The Balaban J connectivity index is 0.000000501.